The molecule has 5 heteroatoms. The maximum Gasteiger partial charge on any atom is 0.0642 e. The molecule has 0 saturated carbocycles. The van der Waals surface area contributed by atoms with Gasteiger partial charge in [-0.2, -0.15) is 0 Å². The number of hydrogen-bond donors (Lipinski definition) is 1. The minimum atomic E-state index is 0.663. The molecule has 0 heterocycles. The van der Waals surface area contributed by atoms with Crippen molar-refractivity contribution in [3.63, 3.8) is 0 Å². The number of anilines is 1. The summed E-state index contributed by atoms with van der Waals surface area (Å²) in [5.41, 5.74) is 2.29. The fraction of sp³-hybridized carbons (Fsp3) is 0.625. The predicted octanol–water partition coefficient (Wildman–Crippen LogP) is 2.94. The number of methoxy groups -OCH3 is 2. The van der Waals surface area contributed by atoms with Gasteiger partial charge in [0.2, 0.25) is 0 Å². The molecule has 0 aliphatic carbocycles. The molecule has 0 spiro atoms. The Morgan fingerprint density at radius 3 is 2.38 bits per heavy atom. The molecule has 1 rings (SSSR count). The van der Waals surface area contributed by atoms with Crippen LogP contribution in [0.25, 0.3) is 0 Å². The fourth-order valence-corrected chi connectivity index (χ4v) is 2.51. The highest BCUT2D eigenvalue weighted by atomic mass is 35.5. The van der Waals surface area contributed by atoms with E-state index in [9.17, 15) is 0 Å². The molecule has 0 bridgehead atoms. The largest absolute Gasteiger partial charge is 0.383 e. The van der Waals surface area contributed by atoms with Gasteiger partial charge in [-0.1, -0.05) is 30.7 Å². The maximum absolute atomic E-state index is 6.44. The molecule has 0 fully saturated rings. The summed E-state index contributed by atoms with van der Waals surface area (Å²) in [6, 6.07) is 6.06. The zero-order chi connectivity index (χ0) is 15.5. The summed E-state index contributed by atoms with van der Waals surface area (Å²) in [5, 5.41) is 4.21. The van der Waals surface area contributed by atoms with Crippen LogP contribution in [0, 0.1) is 0 Å². The van der Waals surface area contributed by atoms with Gasteiger partial charge in [0.15, 0.2) is 0 Å². The normalized spacial score (nSPS) is 10.9. The van der Waals surface area contributed by atoms with Gasteiger partial charge >= 0.3 is 0 Å². The van der Waals surface area contributed by atoms with Crippen LogP contribution in [0.3, 0.4) is 0 Å². The van der Waals surface area contributed by atoms with Gasteiger partial charge in [0, 0.05) is 33.9 Å². The Bertz CT molecular complexity index is 394. The molecule has 0 amide bonds. The fourth-order valence-electron chi connectivity index (χ4n) is 2.19. The number of rotatable bonds is 11. The van der Waals surface area contributed by atoms with Crippen LogP contribution in [0.1, 0.15) is 18.9 Å². The molecule has 0 atom stereocenters. The molecule has 0 unspecified atom stereocenters. The lowest BCUT2D eigenvalue weighted by atomic mass is 10.1. The van der Waals surface area contributed by atoms with E-state index in [2.05, 4.69) is 23.2 Å². The van der Waals surface area contributed by atoms with Crippen molar-refractivity contribution in [1.29, 1.82) is 0 Å². The lowest BCUT2D eigenvalue weighted by Gasteiger charge is -2.28. The van der Waals surface area contributed by atoms with Gasteiger partial charge in [0.1, 0.15) is 0 Å². The number of benzene rings is 1. The van der Waals surface area contributed by atoms with E-state index >= 15 is 0 Å². The molecule has 0 radical (unpaired) electrons. The molecule has 0 saturated heterocycles. The minimum absolute atomic E-state index is 0.663. The summed E-state index contributed by atoms with van der Waals surface area (Å²) >= 11 is 6.44. The van der Waals surface area contributed by atoms with Crippen LogP contribution in [0.2, 0.25) is 5.02 Å². The second-order valence-corrected chi connectivity index (χ2v) is 5.30. The Morgan fingerprint density at radius 2 is 1.81 bits per heavy atom. The maximum atomic E-state index is 6.44. The average molecular weight is 315 g/mol. The molecule has 0 aromatic heterocycles. The summed E-state index contributed by atoms with van der Waals surface area (Å²) in [6.45, 7) is 6.90. The van der Waals surface area contributed by atoms with Crippen molar-refractivity contribution in [2.24, 2.45) is 0 Å². The third kappa shape index (κ3) is 6.22. The zero-order valence-electron chi connectivity index (χ0n) is 13.3. The van der Waals surface area contributed by atoms with Gasteiger partial charge in [0.05, 0.1) is 23.9 Å². The Balaban J connectivity index is 2.91. The highest BCUT2D eigenvalue weighted by molar-refractivity contribution is 6.33. The van der Waals surface area contributed by atoms with Crippen LogP contribution >= 0.6 is 11.6 Å². The number of nitrogens with one attached hydrogen (secondary N) is 1. The Morgan fingerprint density at radius 1 is 1.14 bits per heavy atom. The minimum Gasteiger partial charge on any atom is -0.383 e. The summed E-state index contributed by atoms with van der Waals surface area (Å²) in [5.74, 6) is 0. The molecule has 120 valence electrons. The van der Waals surface area contributed by atoms with E-state index in [1.807, 2.05) is 12.1 Å². The Labute approximate surface area is 133 Å². The molecule has 0 aliphatic heterocycles. The predicted molar refractivity (Wildman–Crippen MR) is 89.4 cm³/mol. The van der Waals surface area contributed by atoms with Crippen LogP contribution in [0.5, 0.6) is 0 Å². The SMILES string of the molecule is CCCNCc1cccc(Cl)c1N(CCOC)CCOC. The molecule has 1 aromatic rings. The van der Waals surface area contributed by atoms with Crippen LogP contribution in [0.15, 0.2) is 18.2 Å². The first-order valence-electron chi connectivity index (χ1n) is 7.45. The second kappa shape index (κ2) is 10.9. The van der Waals surface area contributed by atoms with E-state index < -0.39 is 0 Å². The van der Waals surface area contributed by atoms with Crippen molar-refractivity contribution >= 4 is 17.3 Å². The van der Waals surface area contributed by atoms with Gasteiger partial charge in [-0.15, -0.1) is 0 Å². The van der Waals surface area contributed by atoms with E-state index in [0.29, 0.717) is 13.2 Å². The van der Waals surface area contributed by atoms with E-state index in [1.165, 1.54) is 5.56 Å². The van der Waals surface area contributed by atoms with Gasteiger partial charge < -0.3 is 19.7 Å². The van der Waals surface area contributed by atoms with Gasteiger partial charge in [-0.25, -0.2) is 0 Å². The monoisotopic (exact) mass is 314 g/mol. The molecule has 1 N–H and O–H groups in total. The molecular formula is C16H27ClN2O2. The lowest BCUT2D eigenvalue weighted by molar-refractivity contribution is 0.190. The van der Waals surface area contributed by atoms with Crippen LogP contribution in [-0.4, -0.2) is 47.1 Å². The van der Waals surface area contributed by atoms with Crippen molar-refractivity contribution in [2.45, 2.75) is 19.9 Å². The molecule has 1 aromatic carbocycles. The Kier molecular flexibility index (Phi) is 9.42. The lowest BCUT2D eigenvalue weighted by Crippen LogP contribution is -2.32. The van der Waals surface area contributed by atoms with Crippen molar-refractivity contribution in [1.82, 2.24) is 5.32 Å². The number of para-hydroxylation sites is 1. The summed E-state index contributed by atoms with van der Waals surface area (Å²) in [6.07, 6.45) is 1.12. The van der Waals surface area contributed by atoms with Crippen molar-refractivity contribution < 1.29 is 9.47 Å². The quantitative estimate of drug-likeness (QED) is 0.637. The summed E-state index contributed by atoms with van der Waals surface area (Å²) < 4.78 is 10.4. The highest BCUT2D eigenvalue weighted by Gasteiger charge is 2.14. The molecule has 21 heavy (non-hydrogen) atoms. The first-order chi connectivity index (χ1) is 10.2. The van der Waals surface area contributed by atoms with Crippen molar-refractivity contribution in [2.75, 3.05) is 52.0 Å². The van der Waals surface area contributed by atoms with Gasteiger partial charge in [-0.05, 0) is 24.6 Å². The number of nitrogens with zero attached hydrogens (tertiary/aromatic N) is 1. The summed E-state index contributed by atoms with van der Waals surface area (Å²) in [4.78, 5) is 2.23. The summed E-state index contributed by atoms with van der Waals surface area (Å²) in [7, 11) is 3.43. The average Bonchev–Trinajstić information content (AvgIpc) is 2.49. The van der Waals surface area contributed by atoms with Gasteiger partial charge in [-0.3, -0.25) is 0 Å². The third-order valence-corrected chi connectivity index (χ3v) is 3.56. The van der Waals surface area contributed by atoms with E-state index in [0.717, 1.165) is 43.3 Å². The smallest absolute Gasteiger partial charge is 0.0642 e. The first kappa shape index (κ1) is 18.2. The Hall–Kier alpha value is -0.810. The first-order valence-corrected chi connectivity index (χ1v) is 7.83. The number of halogens is 1. The number of ether oxygens (including phenoxy) is 2. The molecule has 4 nitrogen and oxygen atoms in total. The van der Waals surface area contributed by atoms with E-state index in [-0.39, 0.29) is 0 Å². The van der Waals surface area contributed by atoms with E-state index in [4.69, 9.17) is 21.1 Å². The van der Waals surface area contributed by atoms with Crippen LogP contribution < -0.4 is 10.2 Å². The molecule has 0 aliphatic rings. The molecular weight excluding hydrogens is 288 g/mol. The van der Waals surface area contributed by atoms with Crippen molar-refractivity contribution in [3.8, 4) is 0 Å². The topological polar surface area (TPSA) is 33.7 Å². The number of hydrogen-bond acceptors (Lipinski definition) is 4. The third-order valence-electron chi connectivity index (χ3n) is 3.26. The van der Waals surface area contributed by atoms with Gasteiger partial charge in [0.25, 0.3) is 0 Å². The standard InChI is InChI=1S/C16H27ClN2O2/c1-4-8-18-13-14-6-5-7-15(17)16(14)19(9-11-20-2)10-12-21-3/h5-7,18H,4,8-13H2,1-3H3. The second-order valence-electron chi connectivity index (χ2n) is 4.90. The highest BCUT2D eigenvalue weighted by Crippen LogP contribution is 2.30. The van der Waals surface area contributed by atoms with Crippen molar-refractivity contribution in [3.05, 3.63) is 28.8 Å². The van der Waals surface area contributed by atoms with Crippen LogP contribution in [-0.2, 0) is 16.0 Å². The zero-order valence-corrected chi connectivity index (χ0v) is 14.1. The van der Waals surface area contributed by atoms with Crippen LogP contribution in [0.4, 0.5) is 5.69 Å². The van der Waals surface area contributed by atoms with E-state index in [1.54, 1.807) is 14.2 Å².